The van der Waals surface area contributed by atoms with Crippen molar-refractivity contribution in [2.24, 2.45) is 0 Å². The second-order valence-electron chi connectivity index (χ2n) is 2.42. The monoisotopic (exact) mass is 144 g/mol. The van der Waals surface area contributed by atoms with E-state index in [0.717, 1.165) is 12.8 Å². The summed E-state index contributed by atoms with van der Waals surface area (Å²) in [6.45, 7) is 2.15. The minimum atomic E-state index is 0. The molecule has 0 saturated carbocycles. The summed E-state index contributed by atoms with van der Waals surface area (Å²) in [6.07, 6.45) is 2.26. The molecule has 2 heteroatoms. The minimum absolute atomic E-state index is 0. The molecule has 0 aliphatic rings. The van der Waals surface area contributed by atoms with Crippen LogP contribution < -0.4 is 0 Å². The molecule has 1 nitrogen and oxygen atoms in total. The van der Waals surface area contributed by atoms with E-state index in [9.17, 15) is 0 Å². The van der Waals surface area contributed by atoms with E-state index in [-0.39, 0.29) is 18.9 Å². The van der Waals surface area contributed by atoms with E-state index in [1.807, 2.05) is 12.1 Å². The van der Waals surface area contributed by atoms with Gasteiger partial charge in [-0.1, -0.05) is 25.5 Å². The van der Waals surface area contributed by atoms with E-state index >= 15 is 0 Å². The predicted molar refractivity (Wildman–Crippen MR) is 49.3 cm³/mol. The first-order chi connectivity index (χ1) is 4.83. The van der Waals surface area contributed by atoms with Gasteiger partial charge in [0.05, 0.1) is 0 Å². The van der Waals surface area contributed by atoms with Gasteiger partial charge in [-0.05, 0) is 24.1 Å². The molecule has 0 bridgehead atoms. The van der Waals surface area contributed by atoms with Crippen LogP contribution in [-0.4, -0.2) is 24.0 Å². The van der Waals surface area contributed by atoms with E-state index in [4.69, 9.17) is 5.11 Å². The van der Waals surface area contributed by atoms with Crippen LogP contribution in [0.4, 0.5) is 0 Å². The normalized spacial score (nSPS) is 8.82. The number of phenols is 1. The van der Waals surface area contributed by atoms with Gasteiger partial charge in [0.25, 0.3) is 0 Å². The van der Waals surface area contributed by atoms with E-state index in [1.165, 1.54) is 5.56 Å². The molecule has 0 spiro atoms. The summed E-state index contributed by atoms with van der Waals surface area (Å²) in [6, 6.07) is 7.37. The van der Waals surface area contributed by atoms with Gasteiger partial charge in [-0.15, -0.1) is 0 Å². The number of hydrogen-bond donors (Lipinski definition) is 1. The van der Waals surface area contributed by atoms with Crippen LogP contribution in [0.15, 0.2) is 24.3 Å². The van der Waals surface area contributed by atoms with Gasteiger partial charge in [0.15, 0.2) is 0 Å². The topological polar surface area (TPSA) is 20.2 Å². The van der Waals surface area contributed by atoms with Crippen LogP contribution >= 0.6 is 0 Å². The molecule has 11 heavy (non-hydrogen) atoms. The fourth-order valence-electron chi connectivity index (χ4n) is 0.951. The Hall–Kier alpha value is -0.383. The van der Waals surface area contributed by atoms with E-state index < -0.39 is 0 Å². The molecule has 0 saturated heterocycles. The van der Waals surface area contributed by atoms with E-state index in [2.05, 4.69) is 6.92 Å². The van der Waals surface area contributed by atoms with Crippen molar-refractivity contribution in [3.8, 4) is 5.75 Å². The summed E-state index contributed by atoms with van der Waals surface area (Å²) < 4.78 is 0. The third kappa shape index (κ3) is 3.51. The summed E-state index contributed by atoms with van der Waals surface area (Å²) in [5, 5.41) is 8.92. The molecule has 0 aliphatic carbocycles. The fraction of sp³-hybridized carbons (Fsp3) is 0.333. The van der Waals surface area contributed by atoms with E-state index in [1.54, 1.807) is 12.1 Å². The average molecular weight is 144 g/mol. The maximum absolute atomic E-state index is 8.92. The first-order valence-electron chi connectivity index (χ1n) is 3.61. The quantitative estimate of drug-likeness (QED) is 0.626. The Bertz CT molecular complexity index is 193. The maximum atomic E-state index is 8.92. The van der Waals surface area contributed by atoms with Gasteiger partial charge in [-0.3, -0.25) is 0 Å². The molecule has 0 fully saturated rings. The third-order valence-electron chi connectivity index (χ3n) is 1.48. The first-order valence-corrected chi connectivity index (χ1v) is 3.61. The SMILES string of the molecule is CCCc1ccc(O)cc1.[LiH]. The second kappa shape index (κ2) is 5.29. The van der Waals surface area contributed by atoms with Gasteiger partial charge in [0.2, 0.25) is 0 Å². The van der Waals surface area contributed by atoms with Crippen LogP contribution in [0.25, 0.3) is 0 Å². The summed E-state index contributed by atoms with van der Waals surface area (Å²) in [5.74, 6) is 0.347. The van der Waals surface area contributed by atoms with Crippen LogP contribution in [0.5, 0.6) is 5.75 Å². The molecule has 0 aromatic heterocycles. The second-order valence-corrected chi connectivity index (χ2v) is 2.42. The predicted octanol–water partition coefficient (Wildman–Crippen LogP) is 1.70. The summed E-state index contributed by atoms with van der Waals surface area (Å²) in [7, 11) is 0. The Morgan fingerprint density at radius 1 is 1.18 bits per heavy atom. The summed E-state index contributed by atoms with van der Waals surface area (Å²) >= 11 is 0. The van der Waals surface area contributed by atoms with Gasteiger partial charge >= 0.3 is 18.9 Å². The van der Waals surface area contributed by atoms with Gasteiger partial charge in [0, 0.05) is 0 Å². The average Bonchev–Trinajstić information content (AvgIpc) is 1.95. The van der Waals surface area contributed by atoms with Gasteiger partial charge < -0.3 is 5.11 Å². The Kier molecular flexibility index (Phi) is 5.11. The van der Waals surface area contributed by atoms with Crippen molar-refractivity contribution < 1.29 is 5.11 Å². The zero-order valence-electron chi connectivity index (χ0n) is 6.17. The molecule has 1 aromatic rings. The third-order valence-corrected chi connectivity index (χ3v) is 1.48. The van der Waals surface area contributed by atoms with E-state index in [0.29, 0.717) is 5.75 Å². The molecule has 1 N–H and O–H groups in total. The molecule has 1 rings (SSSR count). The van der Waals surface area contributed by atoms with Gasteiger partial charge in [-0.2, -0.15) is 0 Å². The number of benzene rings is 1. The molecule has 0 heterocycles. The summed E-state index contributed by atoms with van der Waals surface area (Å²) in [5.41, 5.74) is 1.29. The van der Waals surface area contributed by atoms with Crippen molar-refractivity contribution >= 4 is 18.9 Å². The van der Waals surface area contributed by atoms with Crippen molar-refractivity contribution in [3.05, 3.63) is 29.8 Å². The standard InChI is InChI=1S/C9H12O.Li.H/c1-2-3-8-4-6-9(10)7-5-8;;/h4-7,10H,2-3H2,1H3;;. The molecule has 1 aromatic carbocycles. The number of aromatic hydroxyl groups is 1. The molecule has 0 unspecified atom stereocenters. The molecular weight excluding hydrogens is 131 g/mol. The molecule has 0 radical (unpaired) electrons. The Balaban J connectivity index is 0.000001000. The molecule has 56 valence electrons. The first kappa shape index (κ1) is 10.6. The van der Waals surface area contributed by atoms with Crippen molar-refractivity contribution in [2.45, 2.75) is 19.8 Å². The molecule has 0 amide bonds. The Morgan fingerprint density at radius 2 is 1.73 bits per heavy atom. The van der Waals surface area contributed by atoms with Gasteiger partial charge in [0.1, 0.15) is 5.75 Å². The van der Waals surface area contributed by atoms with Crippen molar-refractivity contribution in [1.29, 1.82) is 0 Å². The summed E-state index contributed by atoms with van der Waals surface area (Å²) in [4.78, 5) is 0. The van der Waals surface area contributed by atoms with Crippen LogP contribution in [0, 0.1) is 0 Å². The molecular formula is C9H13LiO. The fourth-order valence-corrected chi connectivity index (χ4v) is 0.951. The number of rotatable bonds is 2. The van der Waals surface area contributed by atoms with Crippen LogP contribution in [-0.2, 0) is 6.42 Å². The number of phenolic OH excluding ortho intramolecular Hbond substituents is 1. The van der Waals surface area contributed by atoms with Crippen molar-refractivity contribution in [2.75, 3.05) is 0 Å². The van der Waals surface area contributed by atoms with Crippen molar-refractivity contribution in [3.63, 3.8) is 0 Å². The van der Waals surface area contributed by atoms with Gasteiger partial charge in [-0.25, -0.2) is 0 Å². The zero-order valence-corrected chi connectivity index (χ0v) is 6.17. The Morgan fingerprint density at radius 3 is 2.18 bits per heavy atom. The Labute approximate surface area is 79.6 Å². The number of aryl methyl sites for hydroxylation is 1. The number of hydrogen-bond acceptors (Lipinski definition) is 1. The van der Waals surface area contributed by atoms with Crippen LogP contribution in [0.2, 0.25) is 0 Å². The van der Waals surface area contributed by atoms with Crippen molar-refractivity contribution in [1.82, 2.24) is 0 Å². The molecule has 0 aliphatic heterocycles. The zero-order chi connectivity index (χ0) is 7.40. The molecule has 0 atom stereocenters. The van der Waals surface area contributed by atoms with Crippen LogP contribution in [0.1, 0.15) is 18.9 Å². The van der Waals surface area contributed by atoms with Crippen LogP contribution in [0.3, 0.4) is 0 Å².